The number of rotatable bonds is 5. The van der Waals surface area contributed by atoms with Crippen LogP contribution in [0.4, 0.5) is 5.69 Å². The van der Waals surface area contributed by atoms with Crippen molar-refractivity contribution in [1.29, 1.82) is 0 Å². The summed E-state index contributed by atoms with van der Waals surface area (Å²) in [5.41, 5.74) is 0.918. The molecule has 1 aromatic heterocycles. The van der Waals surface area contributed by atoms with E-state index in [0.717, 1.165) is 24.8 Å². The topological polar surface area (TPSA) is 73.0 Å². The Kier molecular flexibility index (Phi) is 3.96. The number of imidazole rings is 1. The molecule has 1 N–H and O–H groups in total. The van der Waals surface area contributed by atoms with Gasteiger partial charge in [0.15, 0.2) is 0 Å². The van der Waals surface area contributed by atoms with Gasteiger partial charge >= 0.3 is 0 Å². The second-order valence-corrected chi connectivity index (χ2v) is 5.38. The van der Waals surface area contributed by atoms with Gasteiger partial charge in [-0.15, -0.1) is 0 Å². The number of aromatic nitrogens is 2. The Morgan fingerprint density at radius 3 is 3.00 bits per heavy atom. The molecule has 21 heavy (non-hydrogen) atoms. The highest BCUT2D eigenvalue weighted by Gasteiger charge is 2.28. The molecule has 0 spiro atoms. The van der Waals surface area contributed by atoms with E-state index in [1.54, 1.807) is 18.3 Å². The van der Waals surface area contributed by atoms with Crippen LogP contribution in [0.1, 0.15) is 30.9 Å². The van der Waals surface area contributed by atoms with E-state index < -0.39 is 0 Å². The molecule has 0 saturated heterocycles. The van der Waals surface area contributed by atoms with Gasteiger partial charge in [0, 0.05) is 42.7 Å². The molecule has 1 aromatic carbocycles. The first-order valence-electron chi connectivity index (χ1n) is 7.19. The van der Waals surface area contributed by atoms with Crippen molar-refractivity contribution in [3.05, 3.63) is 58.7 Å². The fourth-order valence-electron chi connectivity index (χ4n) is 3.08. The average Bonchev–Trinajstić information content (AvgIpc) is 3.16. The molecule has 1 saturated carbocycles. The molecule has 0 bridgehead atoms. The average molecular weight is 286 g/mol. The normalized spacial score (nSPS) is 21.5. The third kappa shape index (κ3) is 2.95. The minimum atomic E-state index is -0.320. The molecule has 6 heteroatoms. The fourth-order valence-corrected chi connectivity index (χ4v) is 3.08. The van der Waals surface area contributed by atoms with Crippen LogP contribution >= 0.6 is 0 Å². The minimum absolute atomic E-state index is 0.183. The van der Waals surface area contributed by atoms with Crippen LogP contribution < -0.4 is 5.32 Å². The molecule has 3 rings (SSSR count). The monoisotopic (exact) mass is 286 g/mol. The van der Waals surface area contributed by atoms with E-state index in [4.69, 9.17) is 0 Å². The van der Waals surface area contributed by atoms with Crippen molar-refractivity contribution in [2.75, 3.05) is 0 Å². The van der Waals surface area contributed by atoms with Gasteiger partial charge in [-0.1, -0.05) is 18.2 Å². The van der Waals surface area contributed by atoms with E-state index in [1.165, 1.54) is 0 Å². The molecular formula is C15H18N4O2. The molecule has 1 fully saturated rings. The van der Waals surface area contributed by atoms with Crippen molar-refractivity contribution in [1.82, 2.24) is 14.9 Å². The number of nitrogens with zero attached hydrogens (tertiary/aromatic N) is 3. The second-order valence-electron chi connectivity index (χ2n) is 5.38. The molecule has 2 unspecified atom stereocenters. The molecule has 110 valence electrons. The van der Waals surface area contributed by atoms with E-state index in [2.05, 4.69) is 14.9 Å². The van der Waals surface area contributed by atoms with Crippen molar-refractivity contribution in [2.45, 2.75) is 37.9 Å². The van der Waals surface area contributed by atoms with Gasteiger partial charge in [0.1, 0.15) is 0 Å². The largest absolute Gasteiger partial charge is 0.333 e. The first-order valence-corrected chi connectivity index (χ1v) is 7.19. The maximum Gasteiger partial charge on any atom is 0.273 e. The molecular weight excluding hydrogens is 268 g/mol. The lowest BCUT2D eigenvalue weighted by Crippen LogP contribution is -2.33. The summed E-state index contributed by atoms with van der Waals surface area (Å²) in [6.07, 6.45) is 8.98. The van der Waals surface area contributed by atoms with Crippen LogP contribution in [-0.4, -0.2) is 20.5 Å². The maximum atomic E-state index is 11.0. The number of nitrogens with one attached hydrogen (secondary N) is 1. The summed E-state index contributed by atoms with van der Waals surface area (Å²) in [7, 11) is 0. The van der Waals surface area contributed by atoms with Crippen LogP contribution in [0.2, 0.25) is 0 Å². The van der Waals surface area contributed by atoms with E-state index in [0.29, 0.717) is 18.6 Å². The molecule has 2 aromatic rings. The number of hydrogen-bond donors (Lipinski definition) is 1. The number of para-hydroxylation sites is 1. The van der Waals surface area contributed by atoms with E-state index >= 15 is 0 Å². The van der Waals surface area contributed by atoms with Gasteiger partial charge in [-0.3, -0.25) is 10.1 Å². The van der Waals surface area contributed by atoms with Crippen molar-refractivity contribution in [3.8, 4) is 0 Å². The van der Waals surface area contributed by atoms with Gasteiger partial charge < -0.3 is 9.88 Å². The van der Waals surface area contributed by atoms with Gasteiger partial charge in [-0.2, -0.15) is 0 Å². The zero-order valence-electron chi connectivity index (χ0n) is 11.7. The smallest absolute Gasteiger partial charge is 0.273 e. The highest BCUT2D eigenvalue weighted by atomic mass is 16.6. The first kappa shape index (κ1) is 13.8. The quantitative estimate of drug-likeness (QED) is 0.677. The van der Waals surface area contributed by atoms with Crippen molar-refractivity contribution in [3.63, 3.8) is 0 Å². The van der Waals surface area contributed by atoms with Gasteiger partial charge in [0.25, 0.3) is 5.69 Å². The first-order chi connectivity index (χ1) is 10.3. The Balaban J connectivity index is 1.69. The molecule has 0 aliphatic heterocycles. The summed E-state index contributed by atoms with van der Waals surface area (Å²) in [5, 5.41) is 14.5. The highest BCUT2D eigenvalue weighted by Crippen LogP contribution is 2.30. The third-order valence-corrected chi connectivity index (χ3v) is 4.13. The van der Waals surface area contributed by atoms with E-state index in [9.17, 15) is 10.1 Å². The Hall–Kier alpha value is -2.21. The zero-order chi connectivity index (χ0) is 14.7. The Morgan fingerprint density at radius 2 is 2.24 bits per heavy atom. The predicted octanol–water partition coefficient (Wildman–Crippen LogP) is 2.67. The van der Waals surface area contributed by atoms with Crippen molar-refractivity contribution < 1.29 is 4.92 Å². The van der Waals surface area contributed by atoms with Crippen LogP contribution in [0.5, 0.6) is 0 Å². The minimum Gasteiger partial charge on any atom is -0.333 e. The Bertz CT molecular complexity index is 612. The summed E-state index contributed by atoms with van der Waals surface area (Å²) in [5.74, 6) is 0. The van der Waals surface area contributed by atoms with Gasteiger partial charge in [-0.25, -0.2) is 4.98 Å². The summed E-state index contributed by atoms with van der Waals surface area (Å²) < 4.78 is 2.13. The van der Waals surface area contributed by atoms with Crippen LogP contribution in [0.15, 0.2) is 43.0 Å². The second kappa shape index (κ2) is 6.05. The maximum absolute atomic E-state index is 11.0. The van der Waals surface area contributed by atoms with Crippen LogP contribution in [-0.2, 0) is 6.54 Å². The van der Waals surface area contributed by atoms with Crippen LogP contribution in [0.25, 0.3) is 0 Å². The lowest BCUT2D eigenvalue weighted by Gasteiger charge is -2.22. The standard InChI is InChI=1S/C15H18N4O2/c20-19(21)14-6-2-1-4-12(14)10-17-13-5-3-7-15(13)18-9-8-16-11-18/h1-2,4,6,8-9,11,13,15,17H,3,5,7,10H2. The lowest BCUT2D eigenvalue weighted by atomic mass is 10.1. The predicted molar refractivity (Wildman–Crippen MR) is 78.8 cm³/mol. The number of hydrogen-bond acceptors (Lipinski definition) is 4. The van der Waals surface area contributed by atoms with Crippen molar-refractivity contribution >= 4 is 5.69 Å². The fraction of sp³-hybridized carbons (Fsp3) is 0.400. The number of nitro groups is 1. The zero-order valence-corrected chi connectivity index (χ0v) is 11.7. The number of nitro benzene ring substituents is 1. The molecule has 1 heterocycles. The van der Waals surface area contributed by atoms with Crippen LogP contribution in [0, 0.1) is 10.1 Å². The van der Waals surface area contributed by atoms with Crippen LogP contribution in [0.3, 0.4) is 0 Å². The van der Waals surface area contributed by atoms with E-state index in [1.807, 2.05) is 24.7 Å². The summed E-state index contributed by atoms with van der Waals surface area (Å²) in [6, 6.07) is 7.62. The summed E-state index contributed by atoms with van der Waals surface area (Å²) in [6.45, 7) is 0.521. The summed E-state index contributed by atoms with van der Waals surface area (Å²) in [4.78, 5) is 14.8. The number of benzene rings is 1. The SMILES string of the molecule is O=[N+]([O-])c1ccccc1CNC1CCCC1n1ccnc1. The Morgan fingerprint density at radius 1 is 1.38 bits per heavy atom. The molecule has 1 aliphatic carbocycles. The molecule has 6 nitrogen and oxygen atoms in total. The molecule has 0 amide bonds. The lowest BCUT2D eigenvalue weighted by molar-refractivity contribution is -0.385. The van der Waals surface area contributed by atoms with Crippen molar-refractivity contribution in [2.24, 2.45) is 0 Å². The molecule has 2 atom stereocenters. The molecule has 0 radical (unpaired) electrons. The Labute approximate surface area is 123 Å². The van der Waals surface area contributed by atoms with Gasteiger partial charge in [0.05, 0.1) is 11.3 Å². The third-order valence-electron chi connectivity index (χ3n) is 4.13. The van der Waals surface area contributed by atoms with E-state index in [-0.39, 0.29) is 10.6 Å². The van der Waals surface area contributed by atoms with Gasteiger partial charge in [-0.05, 0) is 19.3 Å². The summed E-state index contributed by atoms with van der Waals surface area (Å²) >= 11 is 0. The molecule has 1 aliphatic rings. The van der Waals surface area contributed by atoms with Gasteiger partial charge in [0.2, 0.25) is 0 Å². The highest BCUT2D eigenvalue weighted by molar-refractivity contribution is 5.39.